The highest BCUT2D eigenvalue weighted by Gasteiger charge is 2.65. The second kappa shape index (κ2) is 5.61. The largest absolute Gasteiger partial charge is 0.493 e. The summed E-state index contributed by atoms with van der Waals surface area (Å²) in [4.78, 5) is 23.9. The van der Waals surface area contributed by atoms with Crippen LogP contribution in [0.2, 0.25) is 0 Å². The van der Waals surface area contributed by atoms with Crippen LogP contribution in [-0.2, 0) is 19.7 Å². The number of carbonyl (C=O) groups excluding carboxylic acids is 2. The van der Waals surface area contributed by atoms with E-state index >= 15 is 0 Å². The molecule has 2 fully saturated rings. The molecule has 0 heterocycles. The van der Waals surface area contributed by atoms with E-state index in [0.717, 1.165) is 0 Å². The summed E-state index contributed by atoms with van der Waals surface area (Å²) in [6, 6.07) is 7.20. The minimum atomic E-state index is -1.03. The Morgan fingerprint density at radius 1 is 1.41 bits per heavy atom. The van der Waals surface area contributed by atoms with Gasteiger partial charge in [0.05, 0.1) is 19.6 Å². The van der Waals surface area contributed by atoms with Crippen LogP contribution in [0.3, 0.4) is 0 Å². The van der Waals surface area contributed by atoms with Gasteiger partial charge in [0, 0.05) is 0 Å². The van der Waals surface area contributed by atoms with E-state index in [-0.39, 0.29) is 0 Å². The molecule has 1 aromatic carbocycles. The molecule has 2 atom stereocenters. The van der Waals surface area contributed by atoms with Crippen molar-refractivity contribution in [1.29, 1.82) is 0 Å². The third-order valence-corrected chi connectivity index (χ3v) is 4.47. The van der Waals surface area contributed by atoms with Gasteiger partial charge in [-0.15, -0.1) is 0 Å². The molecule has 0 bridgehead atoms. The molecule has 2 saturated carbocycles. The third kappa shape index (κ3) is 2.54. The number of rotatable bonds is 6. The third-order valence-electron chi connectivity index (χ3n) is 4.47. The normalized spacial score (nSPS) is 26.2. The van der Waals surface area contributed by atoms with Crippen molar-refractivity contribution in [3.8, 4) is 5.75 Å². The summed E-state index contributed by atoms with van der Waals surface area (Å²) in [5.41, 5.74) is 1.27. The quantitative estimate of drug-likeness (QED) is 0.471. The second-order valence-electron chi connectivity index (χ2n) is 5.98. The number of hydrogen-bond donors (Lipinski definition) is 2. The van der Waals surface area contributed by atoms with Crippen LogP contribution < -0.4 is 10.2 Å². The highest BCUT2D eigenvalue weighted by Crippen LogP contribution is 2.55. The number of hydrogen-bond acceptors (Lipinski definition) is 5. The summed E-state index contributed by atoms with van der Waals surface area (Å²) >= 11 is 0. The van der Waals surface area contributed by atoms with Crippen molar-refractivity contribution < 1.29 is 24.3 Å². The lowest BCUT2D eigenvalue weighted by Crippen LogP contribution is -2.31. The van der Waals surface area contributed by atoms with Gasteiger partial charge < -0.3 is 9.47 Å². The maximum absolute atomic E-state index is 12.2. The molecule has 0 aliphatic heterocycles. The Hall–Kier alpha value is -2.08. The van der Waals surface area contributed by atoms with Crippen LogP contribution in [0.4, 0.5) is 0 Å². The lowest BCUT2D eigenvalue weighted by atomic mass is 9.92. The Morgan fingerprint density at radius 2 is 2.18 bits per heavy atom. The first-order chi connectivity index (χ1) is 10.6. The average molecular weight is 305 g/mol. The Kier molecular flexibility index (Phi) is 3.78. The number of amides is 1. The van der Waals surface area contributed by atoms with Crippen LogP contribution in [0.25, 0.3) is 0 Å². The average Bonchev–Trinajstić information content (AvgIpc) is 3.46. The molecule has 118 valence electrons. The number of hydroxylamine groups is 1. The SMILES string of the molecule is COC(=O)C1(c2cccc(OCC3CC3)c2)C[C@H]1C(=O)NO. The first kappa shape index (κ1) is 14.8. The Bertz CT molecular complexity index is 598. The van der Waals surface area contributed by atoms with E-state index in [1.165, 1.54) is 20.0 Å². The maximum atomic E-state index is 12.2. The molecule has 1 aromatic rings. The highest BCUT2D eigenvalue weighted by molar-refractivity contribution is 5.97. The van der Waals surface area contributed by atoms with Crippen molar-refractivity contribution >= 4 is 11.9 Å². The predicted molar refractivity (Wildman–Crippen MR) is 76.4 cm³/mol. The molecule has 3 rings (SSSR count). The van der Waals surface area contributed by atoms with Crippen LogP contribution in [0, 0.1) is 11.8 Å². The van der Waals surface area contributed by atoms with Crippen molar-refractivity contribution in [2.24, 2.45) is 11.8 Å². The van der Waals surface area contributed by atoms with E-state index in [4.69, 9.17) is 14.7 Å². The van der Waals surface area contributed by atoms with Crippen LogP contribution >= 0.6 is 0 Å². The lowest BCUT2D eigenvalue weighted by molar-refractivity contribution is -0.146. The van der Waals surface area contributed by atoms with E-state index in [2.05, 4.69) is 0 Å². The molecule has 22 heavy (non-hydrogen) atoms. The summed E-state index contributed by atoms with van der Waals surface area (Å²) in [5.74, 6) is -0.353. The molecule has 6 heteroatoms. The van der Waals surface area contributed by atoms with Gasteiger partial charge in [-0.3, -0.25) is 14.8 Å². The zero-order chi connectivity index (χ0) is 15.7. The molecule has 1 amide bonds. The first-order valence-electron chi connectivity index (χ1n) is 7.37. The van der Waals surface area contributed by atoms with Crippen molar-refractivity contribution in [2.75, 3.05) is 13.7 Å². The van der Waals surface area contributed by atoms with Gasteiger partial charge in [-0.2, -0.15) is 0 Å². The van der Waals surface area contributed by atoms with Crippen molar-refractivity contribution in [1.82, 2.24) is 5.48 Å². The van der Waals surface area contributed by atoms with Crippen molar-refractivity contribution in [3.05, 3.63) is 29.8 Å². The van der Waals surface area contributed by atoms with E-state index in [9.17, 15) is 9.59 Å². The van der Waals surface area contributed by atoms with Gasteiger partial charge in [-0.05, 0) is 42.9 Å². The highest BCUT2D eigenvalue weighted by atomic mass is 16.5. The van der Waals surface area contributed by atoms with Gasteiger partial charge in [-0.1, -0.05) is 12.1 Å². The fourth-order valence-corrected chi connectivity index (χ4v) is 2.86. The molecular weight excluding hydrogens is 286 g/mol. The number of ether oxygens (including phenoxy) is 2. The zero-order valence-corrected chi connectivity index (χ0v) is 12.4. The van der Waals surface area contributed by atoms with E-state index in [1.54, 1.807) is 23.7 Å². The summed E-state index contributed by atoms with van der Waals surface area (Å²) in [6.45, 7) is 0.676. The smallest absolute Gasteiger partial charge is 0.317 e. The molecule has 2 aliphatic rings. The van der Waals surface area contributed by atoms with E-state index in [0.29, 0.717) is 30.3 Å². The van der Waals surface area contributed by atoms with Gasteiger partial charge in [0.2, 0.25) is 5.91 Å². The van der Waals surface area contributed by atoms with Crippen LogP contribution in [0.15, 0.2) is 24.3 Å². The second-order valence-corrected chi connectivity index (χ2v) is 5.98. The van der Waals surface area contributed by atoms with Crippen LogP contribution in [-0.4, -0.2) is 30.8 Å². The van der Waals surface area contributed by atoms with Gasteiger partial charge in [0.15, 0.2) is 0 Å². The Balaban J connectivity index is 1.83. The van der Waals surface area contributed by atoms with Crippen molar-refractivity contribution in [2.45, 2.75) is 24.7 Å². The lowest BCUT2D eigenvalue weighted by Gasteiger charge is -2.16. The minimum absolute atomic E-state index is 0.318. The van der Waals surface area contributed by atoms with Gasteiger partial charge in [0.1, 0.15) is 11.2 Å². The first-order valence-corrected chi connectivity index (χ1v) is 7.37. The van der Waals surface area contributed by atoms with Gasteiger partial charge in [-0.25, -0.2) is 5.48 Å². The summed E-state index contributed by atoms with van der Waals surface area (Å²) in [7, 11) is 1.30. The van der Waals surface area contributed by atoms with Gasteiger partial charge >= 0.3 is 5.97 Å². The number of carbonyl (C=O) groups is 2. The van der Waals surface area contributed by atoms with Crippen LogP contribution in [0.5, 0.6) is 5.75 Å². The summed E-state index contributed by atoms with van der Waals surface area (Å²) in [5, 5.41) is 8.81. The summed E-state index contributed by atoms with van der Waals surface area (Å²) in [6.07, 6.45) is 2.72. The molecule has 1 unspecified atom stereocenters. The van der Waals surface area contributed by atoms with E-state index in [1.807, 2.05) is 6.07 Å². The van der Waals surface area contributed by atoms with Crippen molar-refractivity contribution in [3.63, 3.8) is 0 Å². The number of methoxy groups -OCH3 is 1. The molecule has 0 saturated heterocycles. The molecule has 2 N–H and O–H groups in total. The van der Waals surface area contributed by atoms with Gasteiger partial charge in [0.25, 0.3) is 0 Å². The number of esters is 1. The number of benzene rings is 1. The molecular formula is C16H19NO5. The molecule has 6 nitrogen and oxygen atoms in total. The Labute approximate surface area is 128 Å². The number of nitrogens with one attached hydrogen (secondary N) is 1. The molecule has 0 radical (unpaired) electrons. The predicted octanol–water partition coefficient (Wildman–Crippen LogP) is 1.41. The minimum Gasteiger partial charge on any atom is -0.493 e. The maximum Gasteiger partial charge on any atom is 0.317 e. The zero-order valence-electron chi connectivity index (χ0n) is 12.4. The van der Waals surface area contributed by atoms with Crippen LogP contribution in [0.1, 0.15) is 24.8 Å². The Morgan fingerprint density at radius 3 is 2.82 bits per heavy atom. The van der Waals surface area contributed by atoms with E-state index < -0.39 is 23.2 Å². The fraction of sp³-hybridized carbons (Fsp3) is 0.500. The topological polar surface area (TPSA) is 84.9 Å². The molecule has 2 aliphatic carbocycles. The monoisotopic (exact) mass is 305 g/mol. The fourth-order valence-electron chi connectivity index (χ4n) is 2.86. The summed E-state index contributed by atoms with van der Waals surface area (Å²) < 4.78 is 10.6. The standard InChI is InChI=1S/C16H19NO5/c1-21-15(19)16(8-13(16)14(18)17-20)11-3-2-4-12(7-11)22-9-10-5-6-10/h2-4,7,10,13,20H,5-6,8-9H2,1H3,(H,17,18)/t13-,16?/m0/s1. The molecule has 0 aromatic heterocycles. The molecule has 0 spiro atoms.